The fraction of sp³-hybridized carbons (Fsp3) is 0.267. The molecule has 0 saturated heterocycles. The van der Waals surface area contributed by atoms with Gasteiger partial charge in [0.2, 0.25) is 5.43 Å². The van der Waals surface area contributed by atoms with Crippen LogP contribution >= 0.6 is 0 Å². The van der Waals surface area contributed by atoms with Gasteiger partial charge in [-0.05, 0) is 19.1 Å². The summed E-state index contributed by atoms with van der Waals surface area (Å²) in [6.45, 7) is 3.59. The number of nitrogens with zero attached hydrogens (tertiary/aromatic N) is 1. The van der Waals surface area contributed by atoms with Crippen LogP contribution in [-0.4, -0.2) is 17.8 Å². The molecular formula is C15H18N2O3. The summed E-state index contributed by atoms with van der Waals surface area (Å²) in [6.07, 6.45) is 3.30. The molecule has 0 spiro atoms. The van der Waals surface area contributed by atoms with E-state index in [1.54, 1.807) is 12.4 Å². The molecule has 0 bridgehead atoms. The molecule has 1 aromatic heterocycles. The van der Waals surface area contributed by atoms with Crippen molar-refractivity contribution in [1.82, 2.24) is 4.57 Å². The van der Waals surface area contributed by atoms with Gasteiger partial charge in [0.1, 0.15) is 6.61 Å². The minimum atomic E-state index is -0.163. The minimum Gasteiger partial charge on any atom is -0.490 e. The van der Waals surface area contributed by atoms with Crippen molar-refractivity contribution in [2.75, 3.05) is 18.9 Å². The quantitative estimate of drug-likeness (QED) is 0.873. The largest absolute Gasteiger partial charge is 0.490 e. The van der Waals surface area contributed by atoms with Gasteiger partial charge in [0.05, 0.1) is 18.8 Å². The summed E-state index contributed by atoms with van der Waals surface area (Å²) in [5.41, 5.74) is 5.65. The van der Waals surface area contributed by atoms with E-state index in [-0.39, 0.29) is 11.1 Å². The smallest absolute Gasteiger partial charge is 0.204 e. The third kappa shape index (κ3) is 3.54. The van der Waals surface area contributed by atoms with E-state index in [0.717, 1.165) is 5.75 Å². The predicted octanol–water partition coefficient (Wildman–Crippen LogP) is 1.91. The van der Waals surface area contributed by atoms with Gasteiger partial charge in [0.25, 0.3) is 0 Å². The SMILES string of the molecule is CCOc1ccccc1OCCn1ccc(=O)c(N)c1. The number of nitrogens with two attached hydrogens (primary N) is 1. The highest BCUT2D eigenvalue weighted by Crippen LogP contribution is 2.26. The van der Waals surface area contributed by atoms with E-state index in [1.165, 1.54) is 6.07 Å². The van der Waals surface area contributed by atoms with Gasteiger partial charge in [0, 0.05) is 18.5 Å². The first-order valence-electron chi connectivity index (χ1n) is 6.51. The van der Waals surface area contributed by atoms with Crippen LogP contribution in [0.1, 0.15) is 6.92 Å². The number of para-hydroxylation sites is 2. The Morgan fingerprint density at radius 2 is 1.85 bits per heavy atom. The van der Waals surface area contributed by atoms with Crippen LogP contribution in [0.2, 0.25) is 0 Å². The second-order valence-corrected chi connectivity index (χ2v) is 4.23. The lowest BCUT2D eigenvalue weighted by Gasteiger charge is -2.12. The average molecular weight is 274 g/mol. The van der Waals surface area contributed by atoms with Crippen molar-refractivity contribution in [3.05, 3.63) is 52.9 Å². The maximum atomic E-state index is 11.2. The van der Waals surface area contributed by atoms with Crippen molar-refractivity contribution in [3.8, 4) is 11.5 Å². The molecule has 20 heavy (non-hydrogen) atoms. The molecule has 0 aliphatic heterocycles. The Kier molecular flexibility index (Phi) is 4.65. The Balaban J connectivity index is 1.95. The topological polar surface area (TPSA) is 66.5 Å². The predicted molar refractivity (Wildman–Crippen MR) is 78.2 cm³/mol. The summed E-state index contributed by atoms with van der Waals surface area (Å²) < 4.78 is 13.0. The zero-order chi connectivity index (χ0) is 14.4. The second-order valence-electron chi connectivity index (χ2n) is 4.23. The van der Waals surface area contributed by atoms with Crippen molar-refractivity contribution in [3.63, 3.8) is 0 Å². The van der Waals surface area contributed by atoms with E-state index in [2.05, 4.69) is 0 Å². The molecule has 2 aromatic rings. The highest BCUT2D eigenvalue weighted by atomic mass is 16.5. The zero-order valence-corrected chi connectivity index (χ0v) is 11.4. The van der Waals surface area contributed by atoms with Crippen molar-refractivity contribution < 1.29 is 9.47 Å². The molecule has 0 saturated carbocycles. The van der Waals surface area contributed by atoms with Gasteiger partial charge in [-0.3, -0.25) is 4.79 Å². The van der Waals surface area contributed by atoms with Gasteiger partial charge in [-0.1, -0.05) is 12.1 Å². The third-order valence-electron chi connectivity index (χ3n) is 2.76. The monoisotopic (exact) mass is 274 g/mol. The molecule has 0 amide bonds. The Morgan fingerprint density at radius 1 is 1.15 bits per heavy atom. The summed E-state index contributed by atoms with van der Waals surface area (Å²) in [7, 11) is 0. The molecule has 0 unspecified atom stereocenters. The van der Waals surface area contributed by atoms with E-state index in [9.17, 15) is 4.79 Å². The molecule has 0 aliphatic carbocycles. The lowest BCUT2D eigenvalue weighted by atomic mass is 10.3. The van der Waals surface area contributed by atoms with Crippen molar-refractivity contribution >= 4 is 5.69 Å². The fourth-order valence-corrected chi connectivity index (χ4v) is 1.79. The van der Waals surface area contributed by atoms with Gasteiger partial charge in [0.15, 0.2) is 11.5 Å². The normalized spacial score (nSPS) is 10.2. The molecule has 1 aromatic carbocycles. The first kappa shape index (κ1) is 14.0. The molecule has 0 radical (unpaired) electrons. The highest BCUT2D eigenvalue weighted by molar-refractivity contribution is 5.39. The number of anilines is 1. The van der Waals surface area contributed by atoms with Crippen LogP contribution in [0.4, 0.5) is 5.69 Å². The lowest BCUT2D eigenvalue weighted by Crippen LogP contribution is -2.14. The van der Waals surface area contributed by atoms with Crippen LogP contribution in [0.3, 0.4) is 0 Å². The first-order valence-corrected chi connectivity index (χ1v) is 6.51. The van der Waals surface area contributed by atoms with Crippen LogP contribution in [0, 0.1) is 0 Å². The van der Waals surface area contributed by atoms with Gasteiger partial charge in [-0.2, -0.15) is 0 Å². The van der Waals surface area contributed by atoms with E-state index < -0.39 is 0 Å². The number of pyridine rings is 1. The molecule has 1 heterocycles. The van der Waals surface area contributed by atoms with Crippen LogP contribution in [-0.2, 0) is 6.54 Å². The van der Waals surface area contributed by atoms with Crippen molar-refractivity contribution in [2.45, 2.75) is 13.5 Å². The van der Waals surface area contributed by atoms with Crippen molar-refractivity contribution in [2.24, 2.45) is 0 Å². The Labute approximate surface area is 117 Å². The van der Waals surface area contributed by atoms with E-state index in [0.29, 0.717) is 25.5 Å². The maximum absolute atomic E-state index is 11.2. The molecule has 0 atom stereocenters. The van der Waals surface area contributed by atoms with E-state index in [4.69, 9.17) is 15.2 Å². The molecule has 106 valence electrons. The fourth-order valence-electron chi connectivity index (χ4n) is 1.79. The Bertz CT molecular complexity index is 623. The van der Waals surface area contributed by atoms with E-state index >= 15 is 0 Å². The molecule has 0 aliphatic rings. The number of nitrogen functional groups attached to an aromatic ring is 1. The van der Waals surface area contributed by atoms with Crippen LogP contribution in [0.5, 0.6) is 11.5 Å². The molecule has 5 nitrogen and oxygen atoms in total. The average Bonchev–Trinajstić information content (AvgIpc) is 2.45. The standard InChI is InChI=1S/C15H18N2O3/c1-2-19-14-5-3-4-6-15(14)20-10-9-17-8-7-13(18)12(16)11-17/h3-8,11H,2,9-10,16H2,1H3. The maximum Gasteiger partial charge on any atom is 0.204 e. The Hall–Kier alpha value is -2.43. The summed E-state index contributed by atoms with van der Waals surface area (Å²) >= 11 is 0. The number of hydrogen-bond donors (Lipinski definition) is 1. The zero-order valence-electron chi connectivity index (χ0n) is 11.4. The van der Waals surface area contributed by atoms with Gasteiger partial charge in [-0.25, -0.2) is 0 Å². The van der Waals surface area contributed by atoms with Crippen LogP contribution in [0.25, 0.3) is 0 Å². The van der Waals surface area contributed by atoms with E-state index in [1.807, 2.05) is 35.8 Å². The number of ether oxygens (including phenoxy) is 2. The molecule has 0 fully saturated rings. The van der Waals surface area contributed by atoms with Gasteiger partial charge >= 0.3 is 0 Å². The molecule has 2 rings (SSSR count). The van der Waals surface area contributed by atoms with Crippen LogP contribution in [0.15, 0.2) is 47.5 Å². The van der Waals surface area contributed by atoms with Crippen LogP contribution < -0.4 is 20.6 Å². The molecular weight excluding hydrogens is 256 g/mol. The molecule has 5 heteroatoms. The number of rotatable bonds is 6. The van der Waals surface area contributed by atoms with Gasteiger partial charge < -0.3 is 19.8 Å². The minimum absolute atomic E-state index is 0.163. The highest BCUT2D eigenvalue weighted by Gasteiger charge is 2.03. The first-order chi connectivity index (χ1) is 9.70. The number of benzene rings is 1. The van der Waals surface area contributed by atoms with Gasteiger partial charge in [-0.15, -0.1) is 0 Å². The summed E-state index contributed by atoms with van der Waals surface area (Å²) in [5, 5.41) is 0. The number of hydrogen-bond acceptors (Lipinski definition) is 4. The Morgan fingerprint density at radius 3 is 2.50 bits per heavy atom. The summed E-state index contributed by atoms with van der Waals surface area (Å²) in [5.74, 6) is 1.44. The lowest BCUT2D eigenvalue weighted by molar-refractivity contribution is 0.266. The number of aromatic nitrogens is 1. The third-order valence-corrected chi connectivity index (χ3v) is 2.76. The summed E-state index contributed by atoms with van der Waals surface area (Å²) in [6, 6.07) is 8.99. The molecule has 2 N–H and O–H groups in total. The summed E-state index contributed by atoms with van der Waals surface area (Å²) in [4.78, 5) is 11.2. The van der Waals surface area contributed by atoms with Crippen molar-refractivity contribution in [1.29, 1.82) is 0 Å². The second kappa shape index (κ2) is 6.65.